The molecular formula is C22H23FN2O3. The number of aromatic nitrogens is 1. The molecule has 0 fully saturated rings. The van der Waals surface area contributed by atoms with Gasteiger partial charge in [-0.15, -0.1) is 0 Å². The minimum atomic E-state index is -0.408. The number of fused-ring (bicyclic) bond motifs is 1. The fraction of sp³-hybridized carbons (Fsp3) is 0.273. The van der Waals surface area contributed by atoms with Gasteiger partial charge in [-0.1, -0.05) is 24.3 Å². The maximum absolute atomic E-state index is 14.0. The molecule has 0 amide bonds. The summed E-state index contributed by atoms with van der Waals surface area (Å²) in [5, 5.41) is 0.923. The summed E-state index contributed by atoms with van der Waals surface area (Å²) in [6, 6.07) is 12.6. The maximum atomic E-state index is 14.0. The molecule has 1 aromatic heterocycles. The van der Waals surface area contributed by atoms with E-state index in [1.54, 1.807) is 6.07 Å². The number of esters is 1. The lowest BCUT2D eigenvalue weighted by Gasteiger charge is -2.20. The number of ether oxygens (including phenoxy) is 2. The molecule has 2 aromatic carbocycles. The molecule has 1 heterocycles. The Morgan fingerprint density at radius 1 is 1.14 bits per heavy atom. The Balaban J connectivity index is 1.92. The van der Waals surface area contributed by atoms with Gasteiger partial charge in [0.15, 0.2) is 11.6 Å². The van der Waals surface area contributed by atoms with Gasteiger partial charge in [-0.05, 0) is 43.3 Å². The summed E-state index contributed by atoms with van der Waals surface area (Å²) in [6.45, 7) is 2.82. The number of pyridine rings is 1. The SMILES string of the molecule is COC(=O)c1c(CN(C)Cc2ccc(OC)c(F)c2)nc2ccccc2c1C. The molecule has 0 aliphatic carbocycles. The predicted molar refractivity (Wildman–Crippen MR) is 106 cm³/mol. The van der Waals surface area contributed by atoms with Gasteiger partial charge in [-0.3, -0.25) is 9.88 Å². The molecule has 3 aromatic rings. The molecule has 0 unspecified atom stereocenters. The molecule has 0 spiro atoms. The minimum Gasteiger partial charge on any atom is -0.494 e. The second kappa shape index (κ2) is 8.35. The van der Waals surface area contributed by atoms with E-state index >= 15 is 0 Å². The molecule has 0 N–H and O–H groups in total. The molecule has 0 saturated carbocycles. The van der Waals surface area contributed by atoms with Crippen LogP contribution >= 0.6 is 0 Å². The van der Waals surface area contributed by atoms with Crippen LogP contribution in [0.4, 0.5) is 4.39 Å². The van der Waals surface area contributed by atoms with Crippen molar-refractivity contribution >= 4 is 16.9 Å². The van der Waals surface area contributed by atoms with Gasteiger partial charge >= 0.3 is 5.97 Å². The van der Waals surface area contributed by atoms with Crippen LogP contribution in [0.15, 0.2) is 42.5 Å². The number of benzene rings is 2. The quantitative estimate of drug-likeness (QED) is 0.601. The van der Waals surface area contributed by atoms with E-state index < -0.39 is 11.8 Å². The molecule has 146 valence electrons. The number of carbonyl (C=O) groups is 1. The lowest BCUT2D eigenvalue weighted by molar-refractivity contribution is 0.0597. The largest absolute Gasteiger partial charge is 0.494 e. The Morgan fingerprint density at radius 2 is 1.89 bits per heavy atom. The van der Waals surface area contributed by atoms with Crippen molar-refractivity contribution in [2.45, 2.75) is 20.0 Å². The van der Waals surface area contributed by atoms with E-state index in [4.69, 9.17) is 14.5 Å². The van der Waals surface area contributed by atoms with E-state index in [1.807, 2.05) is 49.2 Å². The summed E-state index contributed by atoms with van der Waals surface area (Å²) in [6.07, 6.45) is 0. The summed E-state index contributed by atoms with van der Waals surface area (Å²) in [4.78, 5) is 19.1. The van der Waals surface area contributed by atoms with Crippen molar-refractivity contribution in [1.82, 2.24) is 9.88 Å². The monoisotopic (exact) mass is 382 g/mol. The van der Waals surface area contributed by atoms with Crippen LogP contribution in [0.3, 0.4) is 0 Å². The average Bonchev–Trinajstić information content (AvgIpc) is 2.68. The molecule has 6 heteroatoms. The first-order chi connectivity index (χ1) is 13.4. The Hall–Kier alpha value is -2.99. The topological polar surface area (TPSA) is 51.7 Å². The van der Waals surface area contributed by atoms with Crippen LogP contribution < -0.4 is 4.74 Å². The van der Waals surface area contributed by atoms with Crippen LogP contribution in [0.2, 0.25) is 0 Å². The van der Waals surface area contributed by atoms with Gasteiger partial charge in [0.2, 0.25) is 0 Å². The highest BCUT2D eigenvalue weighted by molar-refractivity contribution is 5.98. The molecule has 0 saturated heterocycles. The Morgan fingerprint density at radius 3 is 2.57 bits per heavy atom. The van der Waals surface area contributed by atoms with Crippen LogP contribution in [0.25, 0.3) is 10.9 Å². The van der Waals surface area contributed by atoms with Gasteiger partial charge in [-0.2, -0.15) is 0 Å². The van der Waals surface area contributed by atoms with Crippen LogP contribution in [0.5, 0.6) is 5.75 Å². The van der Waals surface area contributed by atoms with Crippen molar-refractivity contribution < 1.29 is 18.7 Å². The van der Waals surface area contributed by atoms with E-state index in [-0.39, 0.29) is 5.75 Å². The molecule has 0 atom stereocenters. The summed E-state index contributed by atoms with van der Waals surface area (Å²) >= 11 is 0. The Labute approximate surface area is 163 Å². The number of hydrogen-bond acceptors (Lipinski definition) is 5. The van der Waals surface area contributed by atoms with Gasteiger partial charge < -0.3 is 9.47 Å². The Bertz CT molecular complexity index is 1020. The van der Waals surface area contributed by atoms with Crippen LogP contribution in [-0.4, -0.2) is 37.1 Å². The number of para-hydroxylation sites is 1. The van der Waals surface area contributed by atoms with E-state index in [1.165, 1.54) is 20.3 Å². The van der Waals surface area contributed by atoms with Crippen LogP contribution in [-0.2, 0) is 17.8 Å². The highest BCUT2D eigenvalue weighted by Gasteiger charge is 2.20. The van der Waals surface area contributed by atoms with Crippen molar-refractivity contribution in [2.75, 3.05) is 21.3 Å². The third kappa shape index (κ3) is 3.97. The third-order valence-corrected chi connectivity index (χ3v) is 4.70. The highest BCUT2D eigenvalue weighted by atomic mass is 19.1. The van der Waals surface area contributed by atoms with Crippen LogP contribution in [0, 0.1) is 12.7 Å². The Kier molecular flexibility index (Phi) is 5.90. The molecule has 0 aliphatic rings. The van der Waals surface area contributed by atoms with Gasteiger partial charge in [0, 0.05) is 18.5 Å². The molecule has 3 rings (SSSR count). The summed E-state index contributed by atoms with van der Waals surface area (Å²) in [7, 11) is 4.70. The van der Waals surface area contributed by atoms with Crippen molar-refractivity contribution in [1.29, 1.82) is 0 Å². The van der Waals surface area contributed by atoms with Gasteiger partial charge in [0.1, 0.15) is 0 Å². The molecule has 0 bridgehead atoms. The summed E-state index contributed by atoms with van der Waals surface area (Å²) in [5.74, 6) is -0.593. The lowest BCUT2D eigenvalue weighted by atomic mass is 10.0. The third-order valence-electron chi connectivity index (χ3n) is 4.70. The number of hydrogen-bond donors (Lipinski definition) is 0. The number of rotatable bonds is 6. The summed E-state index contributed by atoms with van der Waals surface area (Å²) in [5.41, 5.74) is 3.59. The minimum absolute atomic E-state index is 0.214. The zero-order chi connectivity index (χ0) is 20.3. The number of halogens is 1. The number of nitrogens with zero attached hydrogens (tertiary/aromatic N) is 2. The van der Waals surface area contributed by atoms with Crippen molar-refractivity contribution in [3.63, 3.8) is 0 Å². The molecule has 0 radical (unpaired) electrons. The maximum Gasteiger partial charge on any atom is 0.340 e. The van der Waals surface area contributed by atoms with Gasteiger partial charge in [-0.25, -0.2) is 9.18 Å². The molecule has 5 nitrogen and oxygen atoms in total. The number of methoxy groups -OCH3 is 2. The number of aryl methyl sites for hydroxylation is 1. The first-order valence-corrected chi connectivity index (χ1v) is 8.92. The molecular weight excluding hydrogens is 359 g/mol. The first-order valence-electron chi connectivity index (χ1n) is 8.92. The number of carbonyl (C=O) groups excluding carboxylic acids is 1. The first kappa shape index (κ1) is 19.8. The molecule has 28 heavy (non-hydrogen) atoms. The normalized spacial score (nSPS) is 11.1. The van der Waals surface area contributed by atoms with Crippen molar-refractivity contribution in [2.24, 2.45) is 0 Å². The van der Waals surface area contributed by atoms with Crippen molar-refractivity contribution in [3.8, 4) is 5.75 Å². The fourth-order valence-corrected chi connectivity index (χ4v) is 3.36. The van der Waals surface area contributed by atoms with E-state index in [2.05, 4.69) is 0 Å². The van der Waals surface area contributed by atoms with Crippen molar-refractivity contribution in [3.05, 3.63) is 70.7 Å². The smallest absolute Gasteiger partial charge is 0.340 e. The predicted octanol–water partition coefficient (Wildman–Crippen LogP) is 4.11. The summed E-state index contributed by atoms with van der Waals surface area (Å²) < 4.78 is 23.9. The highest BCUT2D eigenvalue weighted by Crippen LogP contribution is 2.25. The zero-order valence-corrected chi connectivity index (χ0v) is 16.5. The zero-order valence-electron chi connectivity index (χ0n) is 16.5. The van der Waals surface area contributed by atoms with E-state index in [9.17, 15) is 9.18 Å². The second-order valence-corrected chi connectivity index (χ2v) is 6.71. The average molecular weight is 382 g/mol. The lowest BCUT2D eigenvalue weighted by Crippen LogP contribution is -2.21. The fourth-order valence-electron chi connectivity index (χ4n) is 3.36. The van der Waals surface area contributed by atoms with Crippen LogP contribution in [0.1, 0.15) is 27.2 Å². The standard InChI is InChI=1S/C22H23FN2O3/c1-14-16-7-5-6-8-18(16)24-19(21(14)22(26)28-4)13-25(2)12-15-9-10-20(27-3)17(23)11-15/h5-11H,12-13H2,1-4H3. The second-order valence-electron chi connectivity index (χ2n) is 6.71. The van der Waals surface area contributed by atoms with E-state index in [0.717, 1.165) is 22.0 Å². The van der Waals surface area contributed by atoms with E-state index in [0.29, 0.717) is 24.3 Å². The van der Waals surface area contributed by atoms with Gasteiger partial charge in [0.25, 0.3) is 0 Å². The van der Waals surface area contributed by atoms with Gasteiger partial charge in [0.05, 0.1) is 31.0 Å². The molecule has 0 aliphatic heterocycles.